The van der Waals surface area contributed by atoms with Gasteiger partial charge in [0.2, 0.25) is 16.3 Å². The third kappa shape index (κ3) is 7.19. The molecule has 1 aliphatic heterocycles. The molecule has 1 aromatic carbocycles. The second kappa shape index (κ2) is 11.7. The Morgan fingerprint density at radius 1 is 1.20 bits per heavy atom. The molecule has 0 spiro atoms. The molecule has 35 heavy (non-hydrogen) atoms. The van der Waals surface area contributed by atoms with Crippen LogP contribution >= 0.6 is 0 Å². The predicted molar refractivity (Wildman–Crippen MR) is 131 cm³/mol. The largest absolute Gasteiger partial charge is 0.497 e. The second-order valence-electron chi connectivity index (χ2n) is 10.1. The van der Waals surface area contributed by atoms with E-state index in [0.717, 1.165) is 19.3 Å². The number of aliphatic hydroxyl groups excluding tert-OH is 1. The molecular weight excluding hydrogens is 472 g/mol. The minimum Gasteiger partial charge on any atom is -0.497 e. The molecule has 1 amide bonds. The molecule has 1 saturated carbocycles. The van der Waals surface area contributed by atoms with Gasteiger partial charge in [-0.1, -0.05) is 20.8 Å². The SMILES string of the molecule is COc1ccc(S(=O)(=O)N(CCO)CCO[C@@H]2C[C@H](C(C)(C)C)C=C(C(=O)NC3CCC3)O2)cc1. The first-order valence-electron chi connectivity index (χ1n) is 12.1. The molecule has 0 radical (unpaired) electrons. The van der Waals surface area contributed by atoms with E-state index >= 15 is 0 Å². The van der Waals surface area contributed by atoms with Crippen LogP contribution < -0.4 is 10.1 Å². The summed E-state index contributed by atoms with van der Waals surface area (Å²) in [7, 11) is -2.33. The average molecular weight is 511 g/mol. The average Bonchev–Trinajstić information content (AvgIpc) is 2.80. The molecule has 1 aromatic rings. The van der Waals surface area contributed by atoms with Crippen LogP contribution in [0.25, 0.3) is 0 Å². The lowest BCUT2D eigenvalue weighted by atomic mass is 9.77. The zero-order chi connectivity index (χ0) is 25.6. The Morgan fingerprint density at radius 3 is 2.43 bits per heavy atom. The van der Waals surface area contributed by atoms with Crippen LogP contribution in [0.3, 0.4) is 0 Å². The first-order chi connectivity index (χ1) is 16.5. The van der Waals surface area contributed by atoms with E-state index in [1.165, 1.54) is 23.5 Å². The van der Waals surface area contributed by atoms with Gasteiger partial charge in [-0.2, -0.15) is 4.31 Å². The summed E-state index contributed by atoms with van der Waals surface area (Å²) >= 11 is 0. The molecule has 0 unspecified atom stereocenters. The van der Waals surface area contributed by atoms with E-state index in [1.54, 1.807) is 12.1 Å². The van der Waals surface area contributed by atoms with E-state index in [9.17, 15) is 18.3 Å². The number of amides is 1. The number of nitrogens with zero attached hydrogens (tertiary/aromatic N) is 1. The minimum atomic E-state index is -3.84. The molecule has 9 nitrogen and oxygen atoms in total. The fraction of sp³-hybridized carbons (Fsp3) is 0.640. The van der Waals surface area contributed by atoms with Crippen LogP contribution in [0.5, 0.6) is 5.75 Å². The molecular formula is C25H38N2O7S. The summed E-state index contributed by atoms with van der Waals surface area (Å²) in [4.78, 5) is 12.8. The lowest BCUT2D eigenvalue weighted by Crippen LogP contribution is -2.43. The fourth-order valence-corrected chi connectivity index (χ4v) is 5.39. The van der Waals surface area contributed by atoms with Gasteiger partial charge in [-0.25, -0.2) is 8.42 Å². The molecule has 0 aromatic heterocycles. The highest BCUT2D eigenvalue weighted by atomic mass is 32.2. The first kappa shape index (κ1) is 27.4. The van der Waals surface area contributed by atoms with Gasteiger partial charge in [-0.05, 0) is 60.9 Å². The number of hydrogen-bond donors (Lipinski definition) is 2. The van der Waals surface area contributed by atoms with Gasteiger partial charge in [-0.15, -0.1) is 0 Å². The minimum absolute atomic E-state index is 0.0300. The summed E-state index contributed by atoms with van der Waals surface area (Å²) in [5.41, 5.74) is -0.103. The molecule has 0 saturated heterocycles. The Bertz CT molecular complexity index is 982. The van der Waals surface area contributed by atoms with E-state index < -0.39 is 16.3 Å². The van der Waals surface area contributed by atoms with Crippen LogP contribution in [0.1, 0.15) is 46.5 Å². The molecule has 0 bridgehead atoms. The highest BCUT2D eigenvalue weighted by Crippen LogP contribution is 2.36. The van der Waals surface area contributed by atoms with Gasteiger partial charge in [0.1, 0.15) is 5.75 Å². The molecule has 1 heterocycles. The van der Waals surface area contributed by atoms with Crippen molar-refractivity contribution in [2.45, 2.75) is 63.7 Å². The zero-order valence-corrected chi connectivity index (χ0v) is 21.8. The maximum Gasteiger partial charge on any atom is 0.286 e. The number of ether oxygens (including phenoxy) is 3. The molecule has 2 atom stereocenters. The fourth-order valence-electron chi connectivity index (χ4n) is 3.98. The summed E-state index contributed by atoms with van der Waals surface area (Å²) < 4.78 is 44.3. The number of allylic oxidation sites excluding steroid dienone is 1. The molecule has 1 fully saturated rings. The number of carbonyl (C=O) groups excluding carboxylic acids is 1. The molecule has 10 heteroatoms. The molecule has 1 aliphatic carbocycles. The van der Waals surface area contributed by atoms with E-state index in [0.29, 0.717) is 12.2 Å². The summed E-state index contributed by atoms with van der Waals surface area (Å²) in [6, 6.07) is 6.28. The van der Waals surface area contributed by atoms with Crippen molar-refractivity contribution in [1.29, 1.82) is 0 Å². The molecule has 3 rings (SSSR count). The number of aliphatic hydroxyl groups is 1. The Morgan fingerprint density at radius 2 is 1.89 bits per heavy atom. The quantitative estimate of drug-likeness (QED) is 0.470. The molecule has 2 N–H and O–H groups in total. The number of rotatable bonds is 11. The van der Waals surface area contributed by atoms with Gasteiger partial charge in [0.25, 0.3) is 5.91 Å². The Hall–Kier alpha value is -2.14. The van der Waals surface area contributed by atoms with Gasteiger partial charge in [0.05, 0.1) is 25.2 Å². The summed E-state index contributed by atoms with van der Waals surface area (Å²) in [6.07, 6.45) is 4.82. The Labute approximate surface area is 208 Å². The van der Waals surface area contributed by atoms with Crippen molar-refractivity contribution in [3.05, 3.63) is 36.1 Å². The van der Waals surface area contributed by atoms with E-state index in [-0.39, 0.29) is 60.2 Å². The second-order valence-corrected chi connectivity index (χ2v) is 12.0. The van der Waals surface area contributed by atoms with Crippen LogP contribution in [0.4, 0.5) is 0 Å². The van der Waals surface area contributed by atoms with Crippen molar-refractivity contribution in [2.24, 2.45) is 11.3 Å². The monoisotopic (exact) mass is 510 g/mol. The summed E-state index contributed by atoms with van der Waals surface area (Å²) in [5, 5.41) is 12.5. The van der Waals surface area contributed by atoms with Gasteiger partial charge in [-0.3, -0.25) is 4.79 Å². The standard InChI is InChI=1S/C25H38N2O7S/c1-25(2,3)18-16-22(24(29)26-19-6-5-7-19)34-23(17-18)33-15-13-27(12-14-28)35(30,31)21-10-8-20(32-4)9-11-21/h8-11,16,18-19,23,28H,5-7,12-15,17H2,1-4H3,(H,26,29)/t18-,23+/m1/s1. The number of hydrogen-bond acceptors (Lipinski definition) is 7. The third-order valence-corrected chi connectivity index (χ3v) is 8.44. The van der Waals surface area contributed by atoms with Gasteiger partial charge < -0.3 is 24.6 Å². The topological polar surface area (TPSA) is 114 Å². The molecule has 2 aliphatic rings. The van der Waals surface area contributed by atoms with Crippen molar-refractivity contribution in [3.63, 3.8) is 0 Å². The van der Waals surface area contributed by atoms with E-state index in [4.69, 9.17) is 14.2 Å². The number of nitrogens with one attached hydrogen (secondary N) is 1. The normalized spacial score (nSPS) is 21.1. The van der Waals surface area contributed by atoms with Gasteiger partial charge >= 0.3 is 0 Å². The van der Waals surface area contributed by atoms with Crippen molar-refractivity contribution in [2.75, 3.05) is 33.4 Å². The van der Waals surface area contributed by atoms with Crippen LogP contribution in [0, 0.1) is 11.3 Å². The van der Waals surface area contributed by atoms with Crippen LogP contribution in [-0.4, -0.2) is 69.5 Å². The van der Waals surface area contributed by atoms with Crippen molar-refractivity contribution < 1.29 is 32.5 Å². The van der Waals surface area contributed by atoms with E-state index in [2.05, 4.69) is 26.1 Å². The van der Waals surface area contributed by atoms with Crippen molar-refractivity contribution in [1.82, 2.24) is 9.62 Å². The smallest absolute Gasteiger partial charge is 0.286 e. The predicted octanol–water partition coefficient (Wildman–Crippen LogP) is 2.66. The maximum atomic E-state index is 13.1. The third-order valence-electron chi connectivity index (χ3n) is 6.52. The zero-order valence-electron chi connectivity index (χ0n) is 21.0. The van der Waals surface area contributed by atoms with Crippen molar-refractivity contribution >= 4 is 15.9 Å². The lowest BCUT2D eigenvalue weighted by molar-refractivity contribution is -0.153. The van der Waals surface area contributed by atoms with Crippen LogP contribution in [-0.2, 0) is 24.3 Å². The Kier molecular flexibility index (Phi) is 9.20. The highest BCUT2D eigenvalue weighted by Gasteiger charge is 2.35. The number of methoxy groups -OCH3 is 1. The van der Waals surface area contributed by atoms with Gasteiger partial charge in [0.15, 0.2) is 5.76 Å². The highest BCUT2D eigenvalue weighted by molar-refractivity contribution is 7.89. The van der Waals surface area contributed by atoms with E-state index in [1.807, 2.05) is 6.08 Å². The summed E-state index contributed by atoms with van der Waals surface area (Å²) in [6.45, 7) is 5.99. The van der Waals surface area contributed by atoms with Crippen LogP contribution in [0.15, 0.2) is 41.0 Å². The molecule has 196 valence electrons. The lowest BCUT2D eigenvalue weighted by Gasteiger charge is -2.36. The van der Waals surface area contributed by atoms with Gasteiger partial charge in [0, 0.05) is 25.6 Å². The van der Waals surface area contributed by atoms with Crippen LogP contribution in [0.2, 0.25) is 0 Å². The number of benzene rings is 1. The number of carbonyl (C=O) groups is 1. The van der Waals surface area contributed by atoms with Crippen molar-refractivity contribution in [3.8, 4) is 5.75 Å². The Balaban J connectivity index is 1.64. The number of sulfonamides is 1. The first-order valence-corrected chi connectivity index (χ1v) is 13.5. The summed E-state index contributed by atoms with van der Waals surface area (Å²) in [5.74, 6) is 0.626. The maximum absolute atomic E-state index is 13.1.